The van der Waals surface area contributed by atoms with E-state index in [4.69, 9.17) is 4.74 Å². The Morgan fingerprint density at radius 1 is 1.61 bits per heavy atom. The quantitative estimate of drug-likeness (QED) is 0.711. The summed E-state index contributed by atoms with van der Waals surface area (Å²) in [6, 6.07) is 4.92. The van der Waals surface area contributed by atoms with Crippen LogP contribution < -0.4 is 0 Å². The number of hydrogen-bond donors (Lipinski definition) is 0. The van der Waals surface area contributed by atoms with Gasteiger partial charge in [0, 0.05) is 24.0 Å². The second kappa shape index (κ2) is 6.34. The summed E-state index contributed by atoms with van der Waals surface area (Å²) in [6.07, 6.45) is 2.53. The monoisotopic (exact) mass is 267 g/mol. The molecule has 0 bridgehead atoms. The second-order valence-corrected chi connectivity index (χ2v) is 5.93. The molecule has 100 valence electrons. The number of thiophene rings is 1. The first-order valence-electron chi connectivity index (χ1n) is 6.63. The largest absolute Gasteiger partial charge is 0.466 e. The molecule has 0 spiro atoms. The molecule has 0 radical (unpaired) electrons. The summed E-state index contributed by atoms with van der Waals surface area (Å²) in [4.78, 5) is 15.5. The third-order valence-electron chi connectivity index (χ3n) is 3.20. The van der Waals surface area contributed by atoms with Gasteiger partial charge in [-0.2, -0.15) is 0 Å². The lowest BCUT2D eigenvalue weighted by Crippen LogP contribution is -2.33. The van der Waals surface area contributed by atoms with Crippen molar-refractivity contribution in [3.05, 3.63) is 22.4 Å². The van der Waals surface area contributed by atoms with Crippen molar-refractivity contribution >= 4 is 17.3 Å². The molecule has 3 nitrogen and oxygen atoms in total. The molecule has 0 saturated heterocycles. The van der Waals surface area contributed by atoms with Gasteiger partial charge < -0.3 is 4.74 Å². The molecule has 2 rings (SSSR count). The average Bonchev–Trinajstić information content (AvgIpc) is 3.07. The normalized spacial score (nSPS) is 16.8. The van der Waals surface area contributed by atoms with Gasteiger partial charge in [0.05, 0.1) is 12.5 Å². The molecule has 1 fully saturated rings. The number of carbonyl (C=O) groups excluding carboxylic acids is 1. The van der Waals surface area contributed by atoms with Crippen molar-refractivity contribution in [2.24, 2.45) is 5.92 Å². The van der Waals surface area contributed by atoms with E-state index in [0.29, 0.717) is 12.6 Å². The van der Waals surface area contributed by atoms with Gasteiger partial charge in [-0.3, -0.25) is 9.69 Å². The first-order chi connectivity index (χ1) is 8.70. The van der Waals surface area contributed by atoms with Crippen LogP contribution in [0.3, 0.4) is 0 Å². The van der Waals surface area contributed by atoms with Crippen LogP contribution in [-0.4, -0.2) is 30.1 Å². The van der Waals surface area contributed by atoms with Gasteiger partial charge in [0.15, 0.2) is 0 Å². The highest BCUT2D eigenvalue weighted by Gasteiger charge is 2.31. The fourth-order valence-corrected chi connectivity index (χ4v) is 2.83. The van der Waals surface area contributed by atoms with Crippen LogP contribution in [0.25, 0.3) is 0 Å². The molecule has 0 aliphatic heterocycles. The molecule has 1 aliphatic carbocycles. The fourth-order valence-electron chi connectivity index (χ4n) is 2.10. The van der Waals surface area contributed by atoms with Gasteiger partial charge in [0.25, 0.3) is 0 Å². The molecule has 1 aliphatic rings. The van der Waals surface area contributed by atoms with Crippen LogP contribution in [0.15, 0.2) is 17.5 Å². The molecule has 0 aromatic carbocycles. The molecular weight excluding hydrogens is 246 g/mol. The van der Waals surface area contributed by atoms with E-state index in [1.165, 1.54) is 17.7 Å². The Balaban J connectivity index is 1.88. The van der Waals surface area contributed by atoms with Crippen LogP contribution >= 0.6 is 11.3 Å². The van der Waals surface area contributed by atoms with Gasteiger partial charge in [0.1, 0.15) is 0 Å². The number of carbonyl (C=O) groups is 1. The lowest BCUT2D eigenvalue weighted by Gasteiger charge is -2.24. The Hall–Kier alpha value is -0.870. The lowest BCUT2D eigenvalue weighted by atomic mass is 10.1. The molecule has 1 aromatic rings. The van der Waals surface area contributed by atoms with E-state index in [1.807, 2.05) is 13.8 Å². The van der Waals surface area contributed by atoms with E-state index >= 15 is 0 Å². The van der Waals surface area contributed by atoms with Gasteiger partial charge in [-0.15, -0.1) is 11.3 Å². The van der Waals surface area contributed by atoms with Crippen molar-refractivity contribution in [2.45, 2.75) is 39.3 Å². The molecule has 1 heterocycles. The van der Waals surface area contributed by atoms with E-state index in [2.05, 4.69) is 22.4 Å². The molecule has 18 heavy (non-hydrogen) atoms. The van der Waals surface area contributed by atoms with Crippen LogP contribution in [0.1, 0.15) is 31.6 Å². The molecule has 1 atom stereocenters. The summed E-state index contributed by atoms with van der Waals surface area (Å²) in [5.41, 5.74) is 0. The Bertz CT molecular complexity index is 373. The maximum atomic E-state index is 11.7. The number of rotatable bonds is 7. The molecule has 1 unspecified atom stereocenters. The molecule has 0 amide bonds. The van der Waals surface area contributed by atoms with Gasteiger partial charge in [-0.05, 0) is 31.2 Å². The zero-order valence-electron chi connectivity index (χ0n) is 11.1. The number of ether oxygens (including phenoxy) is 1. The first-order valence-corrected chi connectivity index (χ1v) is 7.51. The van der Waals surface area contributed by atoms with Crippen LogP contribution in [0.4, 0.5) is 0 Å². The Labute approximate surface area is 113 Å². The standard InChI is InChI=1S/C14H21NO2S/c1-3-17-14(16)11(2)9-15(12-6-7-12)10-13-5-4-8-18-13/h4-5,8,11-12H,3,6-7,9-10H2,1-2H3. The van der Waals surface area contributed by atoms with E-state index in [-0.39, 0.29) is 11.9 Å². The number of hydrogen-bond acceptors (Lipinski definition) is 4. The van der Waals surface area contributed by atoms with Gasteiger partial charge in [0.2, 0.25) is 0 Å². The maximum Gasteiger partial charge on any atom is 0.309 e. The summed E-state index contributed by atoms with van der Waals surface area (Å²) >= 11 is 1.78. The van der Waals surface area contributed by atoms with E-state index < -0.39 is 0 Å². The molecule has 4 heteroatoms. The van der Waals surface area contributed by atoms with E-state index in [1.54, 1.807) is 11.3 Å². The Morgan fingerprint density at radius 2 is 2.39 bits per heavy atom. The second-order valence-electron chi connectivity index (χ2n) is 4.89. The fraction of sp³-hybridized carbons (Fsp3) is 0.643. The summed E-state index contributed by atoms with van der Waals surface area (Å²) in [7, 11) is 0. The van der Waals surface area contributed by atoms with Crippen LogP contribution in [-0.2, 0) is 16.1 Å². The van der Waals surface area contributed by atoms with Crippen LogP contribution in [0, 0.1) is 5.92 Å². The highest BCUT2D eigenvalue weighted by Crippen LogP contribution is 2.29. The Morgan fingerprint density at radius 3 is 2.94 bits per heavy atom. The predicted molar refractivity (Wildman–Crippen MR) is 73.5 cm³/mol. The minimum atomic E-state index is -0.0747. The van der Waals surface area contributed by atoms with Crippen molar-refractivity contribution in [1.29, 1.82) is 0 Å². The maximum absolute atomic E-state index is 11.7. The minimum absolute atomic E-state index is 0.0366. The van der Waals surface area contributed by atoms with Crippen LogP contribution in [0.2, 0.25) is 0 Å². The SMILES string of the molecule is CCOC(=O)C(C)CN(Cc1cccs1)C1CC1. The third kappa shape index (κ3) is 3.82. The average molecular weight is 267 g/mol. The molecule has 1 saturated carbocycles. The van der Waals surface area contributed by atoms with E-state index in [9.17, 15) is 4.79 Å². The third-order valence-corrected chi connectivity index (χ3v) is 4.06. The van der Waals surface area contributed by atoms with Crippen molar-refractivity contribution in [1.82, 2.24) is 4.90 Å². The van der Waals surface area contributed by atoms with Crippen LogP contribution in [0.5, 0.6) is 0 Å². The highest BCUT2D eigenvalue weighted by atomic mass is 32.1. The van der Waals surface area contributed by atoms with Gasteiger partial charge in [-0.1, -0.05) is 13.0 Å². The highest BCUT2D eigenvalue weighted by molar-refractivity contribution is 7.09. The molecular formula is C14H21NO2S. The summed E-state index contributed by atoms with van der Waals surface area (Å²) < 4.78 is 5.08. The first kappa shape index (κ1) is 13.6. The summed E-state index contributed by atoms with van der Waals surface area (Å²) in [6.45, 7) is 6.06. The van der Waals surface area contributed by atoms with Gasteiger partial charge in [-0.25, -0.2) is 0 Å². The van der Waals surface area contributed by atoms with Crippen molar-refractivity contribution in [2.75, 3.05) is 13.2 Å². The molecule has 0 N–H and O–H groups in total. The lowest BCUT2D eigenvalue weighted by molar-refractivity contribution is -0.148. The molecule has 1 aromatic heterocycles. The van der Waals surface area contributed by atoms with Crippen molar-refractivity contribution in [3.8, 4) is 0 Å². The van der Waals surface area contributed by atoms with Crippen molar-refractivity contribution < 1.29 is 9.53 Å². The zero-order chi connectivity index (χ0) is 13.0. The van der Waals surface area contributed by atoms with E-state index in [0.717, 1.165) is 13.1 Å². The smallest absolute Gasteiger partial charge is 0.309 e. The summed E-state index contributed by atoms with van der Waals surface area (Å²) in [5, 5.41) is 2.11. The number of esters is 1. The van der Waals surface area contributed by atoms with Crippen molar-refractivity contribution in [3.63, 3.8) is 0 Å². The topological polar surface area (TPSA) is 29.5 Å². The predicted octanol–water partition coefficient (Wildman–Crippen LogP) is 2.91. The number of nitrogens with zero attached hydrogens (tertiary/aromatic N) is 1. The van der Waals surface area contributed by atoms with Gasteiger partial charge >= 0.3 is 5.97 Å². The Kier molecular flexibility index (Phi) is 4.78. The summed E-state index contributed by atoms with van der Waals surface area (Å²) in [5.74, 6) is -0.111. The minimum Gasteiger partial charge on any atom is -0.466 e. The zero-order valence-corrected chi connectivity index (χ0v) is 11.9.